The van der Waals surface area contributed by atoms with Gasteiger partial charge in [0.1, 0.15) is 12.4 Å². The van der Waals surface area contributed by atoms with Crippen molar-refractivity contribution >= 4 is 11.8 Å². The van der Waals surface area contributed by atoms with Crippen molar-refractivity contribution in [3.8, 4) is 0 Å². The first kappa shape index (κ1) is 20.9. The lowest BCUT2D eigenvalue weighted by Crippen LogP contribution is -2.48. The first-order valence-electron chi connectivity index (χ1n) is 10.5. The molecule has 7 heteroatoms. The Hall–Kier alpha value is -3.35. The van der Waals surface area contributed by atoms with Crippen molar-refractivity contribution in [3.63, 3.8) is 0 Å². The molecule has 0 saturated heterocycles. The van der Waals surface area contributed by atoms with Gasteiger partial charge < -0.3 is 18.8 Å². The molecule has 0 bridgehead atoms. The number of hydrogen-bond donors (Lipinski definition) is 0. The van der Waals surface area contributed by atoms with Crippen LogP contribution in [0.3, 0.4) is 0 Å². The number of fused-ring (bicyclic) bond motifs is 1. The van der Waals surface area contributed by atoms with E-state index < -0.39 is 0 Å². The fraction of sp³-hybridized carbons (Fsp3) is 0.333. The van der Waals surface area contributed by atoms with Crippen molar-refractivity contribution in [2.24, 2.45) is 5.92 Å². The third-order valence-electron chi connectivity index (χ3n) is 5.48. The van der Waals surface area contributed by atoms with E-state index in [2.05, 4.69) is 4.57 Å². The normalized spacial score (nSPS) is 15.7. The summed E-state index contributed by atoms with van der Waals surface area (Å²) in [6.45, 7) is 5.58. The molecule has 6 nitrogen and oxygen atoms in total. The van der Waals surface area contributed by atoms with E-state index in [4.69, 9.17) is 4.42 Å². The Morgan fingerprint density at radius 1 is 1.13 bits per heavy atom. The van der Waals surface area contributed by atoms with E-state index in [1.807, 2.05) is 32.2 Å². The molecule has 31 heavy (non-hydrogen) atoms. The molecular formula is C24H26FN3O3. The van der Waals surface area contributed by atoms with Gasteiger partial charge in [-0.1, -0.05) is 26.0 Å². The number of furan rings is 1. The zero-order chi connectivity index (χ0) is 22.0. The van der Waals surface area contributed by atoms with Crippen molar-refractivity contribution < 1.29 is 18.4 Å². The largest absolute Gasteiger partial charge is 0.459 e. The summed E-state index contributed by atoms with van der Waals surface area (Å²) in [5.74, 6) is -0.359. The monoisotopic (exact) mass is 423 g/mol. The van der Waals surface area contributed by atoms with Gasteiger partial charge in [-0.15, -0.1) is 0 Å². The van der Waals surface area contributed by atoms with Crippen molar-refractivity contribution in [1.29, 1.82) is 0 Å². The van der Waals surface area contributed by atoms with Crippen molar-refractivity contribution in [1.82, 2.24) is 14.4 Å². The van der Waals surface area contributed by atoms with E-state index in [-0.39, 0.29) is 41.9 Å². The van der Waals surface area contributed by atoms with Gasteiger partial charge >= 0.3 is 0 Å². The highest BCUT2D eigenvalue weighted by Crippen LogP contribution is 2.32. The van der Waals surface area contributed by atoms with Crippen LogP contribution in [0.2, 0.25) is 0 Å². The number of nitrogens with zero attached hydrogens (tertiary/aromatic N) is 3. The Balaban J connectivity index is 1.62. The van der Waals surface area contributed by atoms with Crippen LogP contribution in [0.4, 0.5) is 4.39 Å². The second-order valence-corrected chi connectivity index (χ2v) is 8.22. The van der Waals surface area contributed by atoms with Crippen LogP contribution in [-0.2, 0) is 11.3 Å². The number of halogens is 1. The average Bonchev–Trinajstić information content (AvgIpc) is 3.44. The Bertz CT molecular complexity index is 1040. The van der Waals surface area contributed by atoms with Crippen LogP contribution >= 0.6 is 0 Å². The van der Waals surface area contributed by atoms with Crippen molar-refractivity contribution in [2.75, 3.05) is 19.6 Å². The maximum Gasteiger partial charge on any atom is 0.290 e. The lowest BCUT2D eigenvalue weighted by molar-refractivity contribution is -0.134. The van der Waals surface area contributed by atoms with E-state index in [0.717, 1.165) is 11.3 Å². The lowest BCUT2D eigenvalue weighted by atomic mass is 9.99. The Morgan fingerprint density at radius 3 is 2.58 bits per heavy atom. The summed E-state index contributed by atoms with van der Waals surface area (Å²) in [5.41, 5.74) is 1.81. The topological polar surface area (TPSA) is 58.7 Å². The highest BCUT2D eigenvalue weighted by molar-refractivity contribution is 5.94. The summed E-state index contributed by atoms with van der Waals surface area (Å²) in [4.78, 5) is 29.7. The minimum Gasteiger partial charge on any atom is -0.459 e. The van der Waals surface area contributed by atoms with Crippen molar-refractivity contribution in [3.05, 3.63) is 83.8 Å². The quantitative estimate of drug-likeness (QED) is 0.603. The molecule has 0 N–H and O–H groups in total. The number of carbonyl (C=O) groups is 2. The molecule has 0 radical (unpaired) electrons. The number of carbonyl (C=O) groups excluding carboxylic acids is 2. The standard InChI is InChI=1S/C24H26FN3O3/c1-17(2)15-27(24(30)21-6-4-14-31-21)16-22(29)28-13-12-26-11-3-5-20(26)23(28)18-7-9-19(25)10-8-18/h3-11,14,17,23H,12-13,15-16H2,1-2H3/t23-/m0/s1. The summed E-state index contributed by atoms with van der Waals surface area (Å²) in [5, 5.41) is 0. The van der Waals surface area contributed by atoms with Crippen LogP contribution in [-0.4, -0.2) is 45.8 Å². The first-order valence-corrected chi connectivity index (χ1v) is 10.5. The predicted molar refractivity (Wildman–Crippen MR) is 114 cm³/mol. The van der Waals surface area contributed by atoms with E-state index in [0.29, 0.717) is 19.6 Å². The zero-order valence-corrected chi connectivity index (χ0v) is 17.7. The smallest absolute Gasteiger partial charge is 0.290 e. The minimum absolute atomic E-state index is 0.0455. The van der Waals surface area contributed by atoms with Gasteiger partial charge in [0, 0.05) is 31.5 Å². The van der Waals surface area contributed by atoms with Crippen LogP contribution in [0.5, 0.6) is 0 Å². The van der Waals surface area contributed by atoms with Crippen LogP contribution in [0.15, 0.2) is 65.4 Å². The molecule has 162 valence electrons. The summed E-state index contributed by atoms with van der Waals surface area (Å²) in [7, 11) is 0. The van der Waals surface area contributed by atoms with Gasteiger partial charge in [-0.3, -0.25) is 9.59 Å². The van der Waals surface area contributed by atoms with Crippen LogP contribution in [0.25, 0.3) is 0 Å². The second kappa shape index (κ2) is 8.79. The minimum atomic E-state index is -0.337. The molecule has 0 spiro atoms. The van der Waals surface area contributed by atoms with Gasteiger partial charge in [0.15, 0.2) is 5.76 Å². The van der Waals surface area contributed by atoms with Crippen molar-refractivity contribution in [2.45, 2.75) is 26.4 Å². The van der Waals surface area contributed by atoms with Gasteiger partial charge in [0.25, 0.3) is 5.91 Å². The Kier molecular flexibility index (Phi) is 5.93. The summed E-state index contributed by atoms with van der Waals surface area (Å²) >= 11 is 0. The summed E-state index contributed by atoms with van der Waals surface area (Å²) in [6.07, 6.45) is 3.44. The molecule has 1 aliphatic rings. The van der Waals surface area contributed by atoms with E-state index in [1.54, 1.807) is 34.1 Å². The average molecular weight is 423 g/mol. The number of aromatic nitrogens is 1. The lowest BCUT2D eigenvalue weighted by Gasteiger charge is -2.38. The summed E-state index contributed by atoms with van der Waals surface area (Å²) < 4.78 is 20.9. The van der Waals surface area contributed by atoms with Gasteiger partial charge in [0.2, 0.25) is 5.91 Å². The third-order valence-corrected chi connectivity index (χ3v) is 5.48. The van der Waals surface area contributed by atoms with E-state index in [1.165, 1.54) is 18.4 Å². The Labute approximate surface area is 180 Å². The molecular weight excluding hydrogens is 397 g/mol. The van der Waals surface area contributed by atoms with Gasteiger partial charge in [0.05, 0.1) is 12.3 Å². The molecule has 0 fully saturated rings. The molecule has 4 rings (SSSR count). The molecule has 0 saturated carbocycles. The highest BCUT2D eigenvalue weighted by atomic mass is 19.1. The zero-order valence-electron chi connectivity index (χ0n) is 17.7. The highest BCUT2D eigenvalue weighted by Gasteiger charge is 2.34. The molecule has 2 amide bonds. The molecule has 1 aliphatic heterocycles. The van der Waals surface area contributed by atoms with Gasteiger partial charge in [-0.2, -0.15) is 0 Å². The first-order chi connectivity index (χ1) is 14.9. The fourth-order valence-corrected chi connectivity index (χ4v) is 4.12. The predicted octanol–water partition coefficient (Wildman–Crippen LogP) is 3.95. The maximum absolute atomic E-state index is 13.5. The number of hydrogen-bond acceptors (Lipinski definition) is 3. The second-order valence-electron chi connectivity index (χ2n) is 8.22. The Morgan fingerprint density at radius 2 is 1.90 bits per heavy atom. The molecule has 0 aliphatic carbocycles. The molecule has 2 aromatic heterocycles. The SMILES string of the molecule is CC(C)CN(CC(=O)N1CCn2cccc2[C@@H]1c1ccc(F)cc1)C(=O)c1ccco1. The van der Waals surface area contributed by atoms with E-state index >= 15 is 0 Å². The number of rotatable bonds is 6. The number of amides is 2. The number of benzene rings is 1. The fourth-order valence-electron chi connectivity index (χ4n) is 4.12. The maximum atomic E-state index is 13.5. The third kappa shape index (κ3) is 4.40. The molecule has 3 aromatic rings. The van der Waals surface area contributed by atoms with Crippen LogP contribution < -0.4 is 0 Å². The molecule has 0 unspecified atom stereocenters. The van der Waals surface area contributed by atoms with Gasteiger partial charge in [-0.05, 0) is 47.9 Å². The van der Waals surface area contributed by atoms with Gasteiger partial charge in [-0.25, -0.2) is 4.39 Å². The van der Waals surface area contributed by atoms with Crippen LogP contribution in [0.1, 0.15) is 41.7 Å². The van der Waals surface area contributed by atoms with Crippen LogP contribution in [0, 0.1) is 11.7 Å². The summed E-state index contributed by atoms with van der Waals surface area (Å²) in [6, 6.07) is 13.1. The molecule has 3 heterocycles. The van der Waals surface area contributed by atoms with E-state index in [9.17, 15) is 14.0 Å². The molecule has 1 atom stereocenters. The molecule has 1 aromatic carbocycles.